The Morgan fingerprint density at radius 3 is 1.94 bits per heavy atom. The smallest absolute Gasteiger partial charge is 0.107 e. The van der Waals surface area contributed by atoms with Crippen LogP contribution in [0.15, 0.2) is 60.7 Å². The lowest BCUT2D eigenvalue weighted by molar-refractivity contribution is -0.949. The fourth-order valence-corrected chi connectivity index (χ4v) is 6.35. The van der Waals surface area contributed by atoms with Crippen LogP contribution >= 0.6 is 0 Å². The molecule has 0 N–H and O–H groups in total. The van der Waals surface area contributed by atoms with Gasteiger partial charge in [-0.2, -0.15) is 5.26 Å². The zero-order valence-electron chi connectivity index (χ0n) is 20.0. The van der Waals surface area contributed by atoms with E-state index in [1.165, 1.54) is 25.7 Å². The molecule has 2 fully saturated rings. The first-order chi connectivity index (χ1) is 15.6. The lowest BCUT2D eigenvalue weighted by Gasteiger charge is -2.48. The molecule has 0 radical (unpaired) electrons. The molecule has 0 aliphatic carbocycles. The molecule has 0 saturated carbocycles. The zero-order valence-corrected chi connectivity index (χ0v) is 21.5. The van der Waals surface area contributed by atoms with Gasteiger partial charge in [0.1, 0.15) is 12.0 Å². The van der Waals surface area contributed by atoms with Crippen molar-refractivity contribution >= 4 is 0 Å². The van der Waals surface area contributed by atoms with E-state index in [0.717, 1.165) is 35.2 Å². The summed E-state index contributed by atoms with van der Waals surface area (Å²) in [7, 11) is 4.15. The van der Waals surface area contributed by atoms with Crippen LogP contribution in [0.25, 0.3) is 0 Å². The van der Waals surface area contributed by atoms with Crippen LogP contribution in [0.1, 0.15) is 43.2 Å². The van der Waals surface area contributed by atoms with Gasteiger partial charge in [-0.05, 0) is 23.5 Å². The van der Waals surface area contributed by atoms with E-state index in [4.69, 9.17) is 9.47 Å². The van der Waals surface area contributed by atoms with Gasteiger partial charge in [0.2, 0.25) is 0 Å². The highest BCUT2D eigenvalue weighted by Crippen LogP contribution is 2.48. The van der Waals surface area contributed by atoms with Gasteiger partial charge < -0.3 is 30.9 Å². The fraction of sp³-hybridized carbons (Fsp3) is 0.536. The summed E-state index contributed by atoms with van der Waals surface area (Å²) in [6.45, 7) is 3.21. The summed E-state index contributed by atoms with van der Waals surface area (Å²) in [4.78, 5) is 0. The Labute approximate surface area is 209 Å². The Morgan fingerprint density at radius 1 is 0.909 bits per heavy atom. The number of nitrogens with zero attached hydrogens (tertiary/aromatic N) is 2. The lowest BCUT2D eigenvalue weighted by atomic mass is 9.67. The normalized spacial score (nSPS) is 26.4. The highest BCUT2D eigenvalue weighted by Gasteiger charge is 2.52. The van der Waals surface area contributed by atoms with E-state index in [0.29, 0.717) is 31.2 Å². The van der Waals surface area contributed by atoms with Crippen LogP contribution in [-0.2, 0) is 14.9 Å². The van der Waals surface area contributed by atoms with Crippen LogP contribution < -0.4 is 17.0 Å². The average Bonchev–Trinajstić information content (AvgIpc) is 3.00. The van der Waals surface area contributed by atoms with Gasteiger partial charge in [0, 0.05) is 32.8 Å². The van der Waals surface area contributed by atoms with Gasteiger partial charge in [-0.3, -0.25) is 0 Å². The van der Waals surface area contributed by atoms with Gasteiger partial charge in [0.15, 0.2) is 0 Å². The quantitative estimate of drug-likeness (QED) is 0.360. The first-order valence-electron chi connectivity index (χ1n) is 12.1. The molecule has 5 heteroatoms. The molecule has 2 atom stereocenters. The lowest BCUT2D eigenvalue weighted by Crippen LogP contribution is -3.00. The molecule has 0 amide bonds. The van der Waals surface area contributed by atoms with E-state index in [1.807, 2.05) is 12.1 Å². The van der Waals surface area contributed by atoms with Crippen molar-refractivity contribution in [1.82, 2.24) is 0 Å². The summed E-state index contributed by atoms with van der Waals surface area (Å²) in [5.74, 6) is 0.563. The van der Waals surface area contributed by atoms with Crippen molar-refractivity contribution in [2.24, 2.45) is 5.92 Å². The number of rotatable bonds is 10. The maximum atomic E-state index is 10.6. The molecule has 2 aromatic rings. The standard InChI is InChI=1S/C28H37N2O2.BrH/c1-30(15-16-32-18-17-31-2)26-13-14-27(30)20-23(19-26)21-28(22-29,24-9-5-3-6-10-24)25-11-7-4-8-12-25;/h3-12,23,26-27H,13-21H2,1-2H3;1H/q+1;/p-1. The number of likely N-dealkylation sites (N-methyl/N-ethyl adjacent to an activating group) is 1. The van der Waals surface area contributed by atoms with Gasteiger partial charge >= 0.3 is 0 Å². The predicted octanol–water partition coefficient (Wildman–Crippen LogP) is 1.94. The Bertz CT molecular complexity index is 846. The molecule has 178 valence electrons. The summed E-state index contributed by atoms with van der Waals surface area (Å²) < 4.78 is 12.1. The summed E-state index contributed by atoms with van der Waals surface area (Å²) in [5, 5.41) is 10.6. The van der Waals surface area contributed by atoms with Crippen molar-refractivity contribution in [2.75, 3.05) is 40.5 Å². The van der Waals surface area contributed by atoms with E-state index < -0.39 is 5.41 Å². The predicted molar refractivity (Wildman–Crippen MR) is 127 cm³/mol. The van der Waals surface area contributed by atoms with E-state index in [-0.39, 0.29) is 17.0 Å². The van der Waals surface area contributed by atoms with Gasteiger partial charge in [-0.1, -0.05) is 60.7 Å². The second-order valence-corrected chi connectivity index (χ2v) is 9.85. The van der Waals surface area contributed by atoms with Gasteiger partial charge in [-0.15, -0.1) is 0 Å². The van der Waals surface area contributed by atoms with Crippen molar-refractivity contribution in [3.05, 3.63) is 71.8 Å². The third-order valence-corrected chi connectivity index (χ3v) is 8.18. The second-order valence-electron chi connectivity index (χ2n) is 9.85. The summed E-state index contributed by atoms with van der Waals surface area (Å²) >= 11 is 0. The SMILES string of the molecule is COCCOCC[N+]1(C)C2CCC1CC(CC(C#N)(c1ccccc1)c1ccccc1)C2.[Br-]. The van der Waals surface area contributed by atoms with Gasteiger partial charge in [-0.25, -0.2) is 0 Å². The minimum atomic E-state index is -0.587. The second kappa shape index (κ2) is 11.6. The molecular weight excluding hydrogens is 476 g/mol. The molecule has 2 aromatic carbocycles. The van der Waals surface area contributed by atoms with Crippen LogP contribution in [0.5, 0.6) is 0 Å². The minimum absolute atomic E-state index is 0. The van der Waals surface area contributed by atoms with E-state index in [2.05, 4.69) is 61.6 Å². The molecule has 2 aliphatic rings. The van der Waals surface area contributed by atoms with Crippen LogP contribution in [0.2, 0.25) is 0 Å². The van der Waals surface area contributed by atoms with Gasteiger partial charge in [0.05, 0.1) is 45.0 Å². The Kier molecular flexibility index (Phi) is 9.12. The minimum Gasteiger partial charge on any atom is -1.00 e. The van der Waals surface area contributed by atoms with E-state index in [1.54, 1.807) is 7.11 Å². The summed E-state index contributed by atoms with van der Waals surface area (Å²) in [6.07, 6.45) is 5.90. The zero-order chi connectivity index (χ0) is 22.4. The molecule has 2 bridgehead atoms. The molecule has 33 heavy (non-hydrogen) atoms. The first-order valence-corrected chi connectivity index (χ1v) is 12.1. The largest absolute Gasteiger partial charge is 1.00 e. The maximum absolute atomic E-state index is 10.6. The van der Waals surface area contributed by atoms with Crippen LogP contribution in [-0.4, -0.2) is 57.1 Å². The van der Waals surface area contributed by atoms with Crippen molar-refractivity contribution in [2.45, 2.75) is 49.6 Å². The van der Waals surface area contributed by atoms with Crippen LogP contribution in [0.4, 0.5) is 0 Å². The summed E-state index contributed by atoms with van der Waals surface area (Å²) in [6, 6.07) is 25.0. The first kappa shape index (κ1) is 25.9. The number of ether oxygens (including phenoxy) is 2. The highest BCUT2D eigenvalue weighted by molar-refractivity contribution is 5.45. The number of hydrogen-bond acceptors (Lipinski definition) is 3. The molecular formula is C28H37BrN2O2. The van der Waals surface area contributed by atoms with E-state index in [9.17, 15) is 5.26 Å². The average molecular weight is 514 g/mol. The number of quaternary nitrogens is 1. The topological polar surface area (TPSA) is 42.2 Å². The fourth-order valence-electron chi connectivity index (χ4n) is 6.35. The number of piperidine rings is 1. The molecule has 0 aromatic heterocycles. The van der Waals surface area contributed by atoms with Crippen LogP contribution in [0.3, 0.4) is 0 Å². The molecule has 2 aliphatic heterocycles. The molecule has 2 unspecified atom stereocenters. The van der Waals surface area contributed by atoms with Crippen molar-refractivity contribution in [3.63, 3.8) is 0 Å². The molecule has 4 nitrogen and oxygen atoms in total. The third-order valence-electron chi connectivity index (χ3n) is 8.18. The Hall–Kier alpha value is -1.71. The molecule has 0 spiro atoms. The maximum Gasteiger partial charge on any atom is 0.107 e. The number of benzene rings is 2. The molecule has 2 heterocycles. The van der Waals surface area contributed by atoms with E-state index >= 15 is 0 Å². The highest BCUT2D eigenvalue weighted by atomic mass is 79.9. The van der Waals surface area contributed by atoms with Gasteiger partial charge in [0.25, 0.3) is 0 Å². The Balaban J connectivity index is 0.00000306. The third kappa shape index (κ3) is 5.35. The number of methoxy groups -OCH3 is 1. The monoisotopic (exact) mass is 512 g/mol. The molecule has 4 rings (SSSR count). The number of fused-ring (bicyclic) bond motifs is 2. The number of nitriles is 1. The number of hydrogen-bond donors (Lipinski definition) is 0. The van der Waals surface area contributed by atoms with Crippen molar-refractivity contribution in [1.29, 1.82) is 5.26 Å². The molecule has 2 saturated heterocycles. The summed E-state index contributed by atoms with van der Waals surface area (Å²) in [5.41, 5.74) is 1.65. The Morgan fingerprint density at radius 2 is 1.45 bits per heavy atom. The van der Waals surface area contributed by atoms with Crippen molar-refractivity contribution < 1.29 is 30.9 Å². The number of halogens is 1. The van der Waals surface area contributed by atoms with Crippen LogP contribution in [0, 0.1) is 17.2 Å². The van der Waals surface area contributed by atoms with Crippen molar-refractivity contribution in [3.8, 4) is 6.07 Å².